The normalized spacial score (nSPS) is 22.0. The summed E-state index contributed by atoms with van der Waals surface area (Å²) in [5.41, 5.74) is 0. The molecule has 1 aromatic rings. The number of morpholine rings is 1. The lowest BCUT2D eigenvalue weighted by Gasteiger charge is -2.34. The van der Waals surface area contributed by atoms with E-state index in [-0.39, 0.29) is 6.10 Å². The van der Waals surface area contributed by atoms with Gasteiger partial charge in [-0.05, 0) is 20.8 Å². The Morgan fingerprint density at radius 2 is 2.41 bits per heavy atom. The number of rotatable bonds is 4. The van der Waals surface area contributed by atoms with Crippen molar-refractivity contribution in [3.05, 3.63) is 5.82 Å². The molecule has 0 aromatic carbocycles. The Kier molecular flexibility index (Phi) is 4.31. The summed E-state index contributed by atoms with van der Waals surface area (Å²) in [7, 11) is 0. The lowest BCUT2D eigenvalue weighted by Crippen LogP contribution is -2.42. The average molecular weight is 256 g/mol. The summed E-state index contributed by atoms with van der Waals surface area (Å²) >= 11 is 1.41. The minimum Gasteiger partial charge on any atom is -0.367 e. The van der Waals surface area contributed by atoms with Crippen molar-refractivity contribution in [3.8, 4) is 0 Å². The molecule has 1 fully saturated rings. The highest BCUT2D eigenvalue weighted by atomic mass is 32.1. The molecule has 0 saturated carbocycles. The maximum atomic E-state index is 5.75. The van der Waals surface area contributed by atoms with Gasteiger partial charge in [0.05, 0.1) is 6.61 Å². The molecule has 1 unspecified atom stereocenters. The summed E-state index contributed by atoms with van der Waals surface area (Å²) in [5, 5.41) is 4.06. The fraction of sp³-hybridized carbons (Fsp3) is 0.818. The van der Waals surface area contributed by atoms with Gasteiger partial charge in [-0.3, -0.25) is 4.90 Å². The molecule has 96 valence electrons. The Morgan fingerprint density at radius 1 is 1.59 bits per heavy atom. The van der Waals surface area contributed by atoms with Gasteiger partial charge in [0.15, 0.2) is 5.82 Å². The van der Waals surface area contributed by atoms with E-state index >= 15 is 0 Å². The zero-order valence-corrected chi connectivity index (χ0v) is 11.5. The summed E-state index contributed by atoms with van der Waals surface area (Å²) in [6.07, 6.45) is 0.0230. The average Bonchev–Trinajstić information content (AvgIpc) is 2.78. The van der Waals surface area contributed by atoms with Gasteiger partial charge in [-0.2, -0.15) is 4.37 Å². The van der Waals surface area contributed by atoms with Crippen LogP contribution in [0.25, 0.3) is 0 Å². The molecule has 0 bridgehead atoms. The van der Waals surface area contributed by atoms with E-state index in [1.165, 1.54) is 11.5 Å². The summed E-state index contributed by atoms with van der Waals surface area (Å²) < 4.78 is 10.1. The molecule has 1 atom stereocenters. The zero-order chi connectivity index (χ0) is 12.3. The molecule has 1 aliphatic rings. The summed E-state index contributed by atoms with van der Waals surface area (Å²) in [5.74, 6) is 0.816. The Bertz CT molecular complexity index is 355. The molecule has 5 nitrogen and oxygen atoms in total. The van der Waals surface area contributed by atoms with Gasteiger partial charge >= 0.3 is 0 Å². The first-order chi connectivity index (χ1) is 8.20. The molecular weight excluding hydrogens is 236 g/mol. The zero-order valence-electron chi connectivity index (χ0n) is 10.6. The quantitative estimate of drug-likeness (QED) is 0.889. The van der Waals surface area contributed by atoms with Crippen LogP contribution in [0.4, 0.5) is 5.13 Å². The molecule has 17 heavy (non-hydrogen) atoms. The molecule has 0 amide bonds. The monoisotopic (exact) mass is 256 g/mol. The summed E-state index contributed by atoms with van der Waals surface area (Å²) in [4.78, 5) is 6.87. The first-order valence-electron chi connectivity index (χ1n) is 6.13. The molecule has 2 heterocycles. The van der Waals surface area contributed by atoms with E-state index in [4.69, 9.17) is 4.74 Å². The van der Waals surface area contributed by atoms with Gasteiger partial charge in [-0.1, -0.05) is 0 Å². The fourth-order valence-corrected chi connectivity index (χ4v) is 2.56. The van der Waals surface area contributed by atoms with E-state index < -0.39 is 0 Å². The lowest BCUT2D eigenvalue weighted by atomic mass is 10.2. The highest BCUT2D eigenvalue weighted by Gasteiger charge is 2.26. The molecule has 0 aliphatic carbocycles. The number of ether oxygens (including phenoxy) is 1. The van der Waals surface area contributed by atoms with Gasteiger partial charge in [-0.25, -0.2) is 4.98 Å². The van der Waals surface area contributed by atoms with Crippen molar-refractivity contribution in [2.75, 3.05) is 31.6 Å². The molecule has 1 aliphatic heterocycles. The van der Waals surface area contributed by atoms with E-state index in [1.54, 1.807) is 0 Å². The first-order valence-corrected chi connectivity index (χ1v) is 6.91. The second kappa shape index (κ2) is 5.75. The Balaban J connectivity index is 2.00. The maximum absolute atomic E-state index is 5.75. The molecule has 0 radical (unpaired) electrons. The number of aromatic nitrogens is 2. The van der Waals surface area contributed by atoms with Crippen LogP contribution in [0.5, 0.6) is 0 Å². The summed E-state index contributed by atoms with van der Waals surface area (Å²) in [6, 6.07) is 0.549. The molecule has 6 heteroatoms. The van der Waals surface area contributed by atoms with Gasteiger partial charge in [-0.15, -0.1) is 0 Å². The highest BCUT2D eigenvalue weighted by Crippen LogP contribution is 2.23. The predicted octanol–water partition coefficient (Wildman–Crippen LogP) is 1.75. The van der Waals surface area contributed by atoms with Crippen LogP contribution in [-0.2, 0) is 4.74 Å². The minimum absolute atomic E-state index is 0.0230. The third-order valence-electron chi connectivity index (χ3n) is 2.89. The van der Waals surface area contributed by atoms with Gasteiger partial charge in [0.25, 0.3) is 0 Å². The van der Waals surface area contributed by atoms with Crippen LogP contribution in [0.15, 0.2) is 0 Å². The second-order valence-corrected chi connectivity index (χ2v) is 5.19. The van der Waals surface area contributed by atoms with Crippen molar-refractivity contribution < 1.29 is 4.74 Å². The van der Waals surface area contributed by atoms with E-state index in [0.717, 1.165) is 37.2 Å². The highest BCUT2D eigenvalue weighted by molar-refractivity contribution is 7.09. The van der Waals surface area contributed by atoms with Crippen LogP contribution >= 0.6 is 11.5 Å². The van der Waals surface area contributed by atoms with Crippen LogP contribution in [0.1, 0.15) is 32.7 Å². The Hall–Kier alpha value is -0.720. The predicted molar refractivity (Wildman–Crippen MR) is 69.5 cm³/mol. The number of hydrogen-bond donors (Lipinski definition) is 1. The Morgan fingerprint density at radius 3 is 3.12 bits per heavy atom. The number of anilines is 1. The molecule has 2 rings (SSSR count). The van der Waals surface area contributed by atoms with Crippen LogP contribution in [0, 0.1) is 0 Å². The minimum atomic E-state index is 0.0230. The van der Waals surface area contributed by atoms with E-state index in [0.29, 0.717) is 6.04 Å². The molecular formula is C11H20N4OS. The van der Waals surface area contributed by atoms with Gasteiger partial charge in [0, 0.05) is 37.2 Å². The first kappa shape index (κ1) is 12.7. The third kappa shape index (κ3) is 3.14. The van der Waals surface area contributed by atoms with Crippen LogP contribution in [0.2, 0.25) is 0 Å². The molecule has 1 aromatic heterocycles. The summed E-state index contributed by atoms with van der Waals surface area (Å²) in [6.45, 7) is 10.00. The number of nitrogens with zero attached hydrogens (tertiary/aromatic N) is 3. The molecule has 1 N–H and O–H groups in total. The third-order valence-corrected chi connectivity index (χ3v) is 3.57. The Labute approximate surface area is 106 Å². The largest absolute Gasteiger partial charge is 0.367 e. The molecule has 0 spiro atoms. The van der Waals surface area contributed by atoms with Crippen molar-refractivity contribution >= 4 is 16.7 Å². The second-order valence-electron chi connectivity index (χ2n) is 4.44. The van der Waals surface area contributed by atoms with Crippen LogP contribution in [0.3, 0.4) is 0 Å². The van der Waals surface area contributed by atoms with Crippen molar-refractivity contribution in [2.24, 2.45) is 0 Å². The van der Waals surface area contributed by atoms with E-state index in [2.05, 4.69) is 40.3 Å². The topological polar surface area (TPSA) is 50.3 Å². The lowest BCUT2D eigenvalue weighted by molar-refractivity contribution is -0.0437. The van der Waals surface area contributed by atoms with Crippen molar-refractivity contribution in [1.29, 1.82) is 0 Å². The van der Waals surface area contributed by atoms with Crippen LogP contribution in [-0.4, -0.2) is 46.5 Å². The molecule has 1 saturated heterocycles. The van der Waals surface area contributed by atoms with Gasteiger partial charge < -0.3 is 10.1 Å². The smallest absolute Gasteiger partial charge is 0.202 e. The van der Waals surface area contributed by atoms with Crippen molar-refractivity contribution in [1.82, 2.24) is 14.3 Å². The van der Waals surface area contributed by atoms with E-state index in [1.807, 2.05) is 0 Å². The van der Waals surface area contributed by atoms with E-state index in [9.17, 15) is 0 Å². The van der Waals surface area contributed by atoms with Gasteiger partial charge in [0.2, 0.25) is 5.13 Å². The van der Waals surface area contributed by atoms with Crippen molar-refractivity contribution in [2.45, 2.75) is 32.9 Å². The fourth-order valence-electron chi connectivity index (χ4n) is 1.88. The SMILES string of the molecule is CCNc1nc(C2CN(C(C)C)CCO2)ns1. The standard InChI is InChI=1S/C11H20N4OS/c1-4-12-11-13-10(14-17-11)9-7-15(8(2)3)5-6-16-9/h8-9H,4-7H2,1-3H3,(H,12,13,14). The number of hydrogen-bond acceptors (Lipinski definition) is 6. The maximum Gasteiger partial charge on any atom is 0.202 e. The van der Waals surface area contributed by atoms with Crippen molar-refractivity contribution in [3.63, 3.8) is 0 Å². The number of nitrogens with one attached hydrogen (secondary N) is 1. The van der Waals surface area contributed by atoms with Crippen LogP contribution < -0.4 is 5.32 Å². The van der Waals surface area contributed by atoms with Gasteiger partial charge in [0.1, 0.15) is 6.10 Å².